The summed E-state index contributed by atoms with van der Waals surface area (Å²) in [5.74, 6) is 1.31. The lowest BCUT2D eigenvalue weighted by Crippen LogP contribution is -2.39. The third-order valence-corrected chi connectivity index (χ3v) is 4.95. The maximum absolute atomic E-state index is 12.5. The summed E-state index contributed by atoms with van der Waals surface area (Å²) < 4.78 is 1.97. The largest absolute Gasteiger partial charge is 0.353 e. The average Bonchev–Trinajstić information content (AvgIpc) is 3.11. The van der Waals surface area contributed by atoms with Gasteiger partial charge in [0.2, 0.25) is 5.91 Å². The summed E-state index contributed by atoms with van der Waals surface area (Å²) in [6.07, 6.45) is 4.75. The van der Waals surface area contributed by atoms with Crippen molar-refractivity contribution in [3.8, 4) is 0 Å². The first-order valence-corrected chi connectivity index (χ1v) is 9.16. The summed E-state index contributed by atoms with van der Waals surface area (Å²) in [5, 5.41) is 3.08. The van der Waals surface area contributed by atoms with Gasteiger partial charge in [0.1, 0.15) is 11.9 Å². The number of nitrogens with zero attached hydrogens (tertiary/aromatic N) is 3. The van der Waals surface area contributed by atoms with Crippen LogP contribution in [0, 0.1) is 0 Å². The van der Waals surface area contributed by atoms with E-state index in [-0.39, 0.29) is 11.9 Å². The van der Waals surface area contributed by atoms with Crippen molar-refractivity contribution in [3.63, 3.8) is 0 Å². The maximum Gasteiger partial charge on any atom is 0.242 e. The molecule has 25 heavy (non-hydrogen) atoms. The van der Waals surface area contributed by atoms with Gasteiger partial charge in [-0.05, 0) is 24.5 Å². The van der Waals surface area contributed by atoms with Crippen LogP contribution in [0.2, 0.25) is 0 Å². The molecule has 0 unspecified atom stereocenters. The predicted octanol–water partition coefficient (Wildman–Crippen LogP) is 2.74. The van der Waals surface area contributed by atoms with Crippen LogP contribution in [-0.2, 0) is 17.8 Å². The zero-order valence-electron chi connectivity index (χ0n) is 15.4. The molecular weight excluding hydrogens is 312 g/mol. The van der Waals surface area contributed by atoms with Crippen LogP contribution in [0.3, 0.4) is 0 Å². The molecule has 0 aliphatic carbocycles. The van der Waals surface area contributed by atoms with E-state index >= 15 is 0 Å². The van der Waals surface area contributed by atoms with E-state index in [1.54, 1.807) is 6.20 Å². The van der Waals surface area contributed by atoms with Gasteiger partial charge >= 0.3 is 0 Å². The number of aromatic nitrogens is 2. The van der Waals surface area contributed by atoms with Crippen LogP contribution in [0.25, 0.3) is 0 Å². The Hall–Kier alpha value is -2.14. The van der Waals surface area contributed by atoms with E-state index in [9.17, 15) is 4.79 Å². The Morgan fingerprint density at radius 1 is 1.24 bits per heavy atom. The molecule has 134 valence electrons. The Morgan fingerprint density at radius 3 is 2.76 bits per heavy atom. The summed E-state index contributed by atoms with van der Waals surface area (Å²) in [7, 11) is 0. The van der Waals surface area contributed by atoms with Crippen molar-refractivity contribution in [1.29, 1.82) is 0 Å². The summed E-state index contributed by atoms with van der Waals surface area (Å²) >= 11 is 0. The number of carbonyl (C=O) groups excluding carboxylic acids is 1. The Bertz CT molecular complexity index is 722. The van der Waals surface area contributed by atoms with Gasteiger partial charge in [0.15, 0.2) is 0 Å². The Kier molecular flexibility index (Phi) is 5.53. The standard InChI is InChI=1S/C20H28N4O/c1-15(2)19-21-10-13-24(19)16(3)20(25)22-9-12-23-11-8-17-6-4-5-7-18(17)14-23/h4-7,10,13,15-16H,8-9,11-12,14H2,1-3H3,(H,22,25)/t16-/m1/s1. The van der Waals surface area contributed by atoms with Crippen LogP contribution in [0.4, 0.5) is 0 Å². The number of fused-ring (bicyclic) bond motifs is 1. The fourth-order valence-electron chi connectivity index (χ4n) is 3.46. The second-order valence-electron chi connectivity index (χ2n) is 7.11. The normalized spacial score (nSPS) is 15.8. The van der Waals surface area contributed by atoms with E-state index in [1.807, 2.05) is 17.7 Å². The first-order valence-electron chi connectivity index (χ1n) is 9.16. The van der Waals surface area contributed by atoms with Crippen molar-refractivity contribution in [2.45, 2.75) is 45.7 Å². The van der Waals surface area contributed by atoms with Crippen LogP contribution in [0.15, 0.2) is 36.7 Å². The van der Waals surface area contributed by atoms with Gasteiger partial charge in [-0.2, -0.15) is 0 Å². The molecule has 0 bridgehead atoms. The lowest BCUT2D eigenvalue weighted by molar-refractivity contribution is -0.124. The Labute approximate surface area is 150 Å². The number of imidazole rings is 1. The lowest BCUT2D eigenvalue weighted by atomic mass is 10.00. The van der Waals surface area contributed by atoms with Gasteiger partial charge in [0.05, 0.1) is 0 Å². The molecule has 2 heterocycles. The van der Waals surface area contributed by atoms with Crippen LogP contribution in [-0.4, -0.2) is 40.0 Å². The maximum atomic E-state index is 12.5. The molecule has 1 aromatic carbocycles. The number of rotatable bonds is 6. The summed E-state index contributed by atoms with van der Waals surface area (Å²) in [5.41, 5.74) is 2.87. The second-order valence-corrected chi connectivity index (χ2v) is 7.11. The second kappa shape index (κ2) is 7.83. The molecule has 1 atom stereocenters. The highest BCUT2D eigenvalue weighted by Gasteiger charge is 2.20. The van der Waals surface area contributed by atoms with E-state index in [4.69, 9.17) is 0 Å². The smallest absolute Gasteiger partial charge is 0.242 e. The Morgan fingerprint density at radius 2 is 2.00 bits per heavy atom. The van der Waals surface area contributed by atoms with E-state index in [1.165, 1.54) is 11.1 Å². The first-order chi connectivity index (χ1) is 12.1. The van der Waals surface area contributed by atoms with Crippen LogP contribution in [0.1, 0.15) is 49.7 Å². The first kappa shape index (κ1) is 17.7. The van der Waals surface area contributed by atoms with Crippen LogP contribution < -0.4 is 5.32 Å². The van der Waals surface area contributed by atoms with Gasteiger partial charge in [-0.15, -0.1) is 0 Å². The summed E-state index contributed by atoms with van der Waals surface area (Å²) in [6.45, 7) is 9.71. The zero-order valence-corrected chi connectivity index (χ0v) is 15.4. The fourth-order valence-corrected chi connectivity index (χ4v) is 3.46. The number of hydrogen-bond donors (Lipinski definition) is 1. The van der Waals surface area contributed by atoms with Crippen molar-refractivity contribution in [2.24, 2.45) is 0 Å². The topological polar surface area (TPSA) is 50.2 Å². The average molecular weight is 340 g/mol. The lowest BCUT2D eigenvalue weighted by Gasteiger charge is -2.29. The molecule has 3 rings (SSSR count). The van der Waals surface area contributed by atoms with Gasteiger partial charge in [-0.1, -0.05) is 38.1 Å². The third-order valence-electron chi connectivity index (χ3n) is 4.95. The number of amides is 1. The molecule has 1 aromatic heterocycles. The quantitative estimate of drug-likeness (QED) is 0.880. The van der Waals surface area contributed by atoms with Gasteiger partial charge < -0.3 is 9.88 Å². The molecule has 0 saturated carbocycles. The fraction of sp³-hybridized carbons (Fsp3) is 0.500. The monoisotopic (exact) mass is 340 g/mol. The molecule has 1 aliphatic rings. The van der Waals surface area contributed by atoms with Gasteiger partial charge in [0, 0.05) is 44.5 Å². The summed E-state index contributed by atoms with van der Waals surface area (Å²) in [4.78, 5) is 19.3. The number of carbonyl (C=O) groups is 1. The van der Waals surface area contributed by atoms with Gasteiger partial charge in [-0.3, -0.25) is 9.69 Å². The number of nitrogens with one attached hydrogen (secondary N) is 1. The Balaban J connectivity index is 1.49. The number of benzene rings is 1. The van der Waals surface area contributed by atoms with E-state index < -0.39 is 0 Å². The molecule has 1 aliphatic heterocycles. The highest BCUT2D eigenvalue weighted by atomic mass is 16.2. The molecule has 5 nitrogen and oxygen atoms in total. The van der Waals surface area contributed by atoms with Crippen molar-refractivity contribution in [3.05, 3.63) is 53.6 Å². The minimum absolute atomic E-state index is 0.0531. The molecule has 0 fully saturated rings. The van der Waals surface area contributed by atoms with Crippen LogP contribution >= 0.6 is 0 Å². The van der Waals surface area contributed by atoms with E-state index in [0.717, 1.165) is 31.9 Å². The third kappa shape index (κ3) is 4.10. The van der Waals surface area contributed by atoms with Crippen LogP contribution in [0.5, 0.6) is 0 Å². The molecule has 0 saturated heterocycles. The van der Waals surface area contributed by atoms with Crippen molar-refractivity contribution < 1.29 is 4.79 Å². The molecule has 1 amide bonds. The predicted molar refractivity (Wildman–Crippen MR) is 99.5 cm³/mol. The minimum atomic E-state index is -0.234. The van der Waals surface area contributed by atoms with Crippen molar-refractivity contribution >= 4 is 5.91 Å². The van der Waals surface area contributed by atoms with Crippen molar-refractivity contribution in [1.82, 2.24) is 19.8 Å². The summed E-state index contributed by atoms with van der Waals surface area (Å²) in [6, 6.07) is 8.39. The molecule has 1 N–H and O–H groups in total. The van der Waals surface area contributed by atoms with E-state index in [2.05, 4.69) is 53.3 Å². The molecule has 5 heteroatoms. The zero-order chi connectivity index (χ0) is 17.8. The van der Waals surface area contributed by atoms with Gasteiger partial charge in [0.25, 0.3) is 0 Å². The molecule has 0 spiro atoms. The SMILES string of the molecule is CC(C)c1nccn1[C@H](C)C(=O)NCCN1CCc2ccccc2C1. The highest BCUT2D eigenvalue weighted by molar-refractivity contribution is 5.79. The van der Waals surface area contributed by atoms with Gasteiger partial charge in [-0.25, -0.2) is 4.98 Å². The minimum Gasteiger partial charge on any atom is -0.353 e. The highest BCUT2D eigenvalue weighted by Crippen LogP contribution is 2.18. The number of hydrogen-bond acceptors (Lipinski definition) is 3. The molecular formula is C20H28N4O. The molecule has 0 radical (unpaired) electrons. The van der Waals surface area contributed by atoms with Crippen molar-refractivity contribution in [2.75, 3.05) is 19.6 Å². The molecule has 2 aromatic rings. The van der Waals surface area contributed by atoms with E-state index in [0.29, 0.717) is 12.5 Å².